The molecule has 0 saturated carbocycles. The van der Waals surface area contributed by atoms with Crippen LogP contribution in [0.4, 0.5) is 0 Å². The Morgan fingerprint density at radius 2 is 2.08 bits per heavy atom. The molecule has 1 aromatic carbocycles. The fraction of sp³-hybridized carbons (Fsp3) is 0.300. The van der Waals surface area contributed by atoms with E-state index in [1.54, 1.807) is 19.2 Å². The summed E-state index contributed by atoms with van der Waals surface area (Å²) < 4.78 is 5.08. The number of carbonyl (C=O) groups is 1. The highest BCUT2D eigenvalue weighted by Crippen LogP contribution is 2.26. The van der Waals surface area contributed by atoms with Crippen LogP contribution in [0, 0.1) is 6.92 Å². The molecule has 0 aliphatic heterocycles. The van der Waals surface area contributed by atoms with Crippen LogP contribution >= 0.6 is 11.6 Å². The van der Waals surface area contributed by atoms with Gasteiger partial charge in [-0.2, -0.15) is 0 Å². The summed E-state index contributed by atoms with van der Waals surface area (Å²) in [7, 11) is 1.56. The van der Waals surface area contributed by atoms with Gasteiger partial charge in [-0.3, -0.25) is 4.79 Å². The molecule has 0 bridgehead atoms. The first-order chi connectivity index (χ1) is 6.06. The van der Waals surface area contributed by atoms with Crippen molar-refractivity contribution in [3.8, 4) is 5.75 Å². The summed E-state index contributed by atoms with van der Waals surface area (Å²) in [5, 5.41) is 0.521. The van der Waals surface area contributed by atoms with E-state index >= 15 is 0 Å². The number of hydrogen-bond acceptors (Lipinski definition) is 2. The summed E-state index contributed by atoms with van der Waals surface area (Å²) in [6.07, 6.45) is 0. The van der Waals surface area contributed by atoms with Crippen molar-refractivity contribution in [1.82, 2.24) is 0 Å². The molecule has 0 radical (unpaired) electrons. The minimum Gasteiger partial charge on any atom is -0.496 e. The Kier molecular flexibility index (Phi) is 2.94. The maximum atomic E-state index is 11.2. The summed E-state index contributed by atoms with van der Waals surface area (Å²) in [4.78, 5) is 11.2. The number of Topliss-reactive ketones (excluding diaryl/α,β-unsaturated/α-hetero) is 1. The highest BCUT2D eigenvalue weighted by Gasteiger charge is 2.09. The lowest BCUT2D eigenvalue weighted by Gasteiger charge is -2.08. The van der Waals surface area contributed by atoms with Crippen molar-refractivity contribution in [3.63, 3.8) is 0 Å². The maximum Gasteiger partial charge on any atom is 0.160 e. The van der Waals surface area contributed by atoms with E-state index in [-0.39, 0.29) is 5.78 Å². The number of rotatable bonds is 2. The molecule has 3 heteroatoms. The zero-order chi connectivity index (χ0) is 10.0. The van der Waals surface area contributed by atoms with Gasteiger partial charge in [-0.25, -0.2) is 0 Å². The summed E-state index contributed by atoms with van der Waals surface area (Å²) in [5.74, 6) is 0.649. The van der Waals surface area contributed by atoms with Gasteiger partial charge in [0.15, 0.2) is 5.78 Å². The lowest BCUT2D eigenvalue weighted by molar-refractivity contribution is 0.101. The van der Waals surface area contributed by atoms with Crippen molar-refractivity contribution in [2.45, 2.75) is 13.8 Å². The SMILES string of the molecule is COc1cc(Cl)cc(C(C)=O)c1C. The number of hydrogen-bond donors (Lipinski definition) is 0. The predicted molar refractivity (Wildman–Crippen MR) is 52.7 cm³/mol. The second-order valence-corrected chi connectivity index (χ2v) is 3.27. The van der Waals surface area contributed by atoms with Gasteiger partial charge in [0.1, 0.15) is 5.75 Å². The summed E-state index contributed by atoms with van der Waals surface area (Å²) in [5.41, 5.74) is 1.45. The Morgan fingerprint density at radius 1 is 1.46 bits per heavy atom. The van der Waals surface area contributed by atoms with E-state index in [9.17, 15) is 4.79 Å². The molecule has 0 fully saturated rings. The Labute approximate surface area is 82.5 Å². The minimum absolute atomic E-state index is 0.00157. The van der Waals surface area contributed by atoms with Gasteiger partial charge in [-0.15, -0.1) is 0 Å². The molecule has 70 valence electrons. The zero-order valence-corrected chi connectivity index (χ0v) is 8.61. The summed E-state index contributed by atoms with van der Waals surface area (Å²) in [6, 6.07) is 3.35. The number of carbonyl (C=O) groups excluding carboxylic acids is 1. The molecule has 0 atom stereocenters. The van der Waals surface area contributed by atoms with Crippen LogP contribution in [-0.4, -0.2) is 12.9 Å². The third kappa shape index (κ3) is 2.01. The van der Waals surface area contributed by atoms with E-state index in [2.05, 4.69) is 0 Å². The zero-order valence-electron chi connectivity index (χ0n) is 7.85. The predicted octanol–water partition coefficient (Wildman–Crippen LogP) is 2.86. The highest BCUT2D eigenvalue weighted by atomic mass is 35.5. The van der Waals surface area contributed by atoms with E-state index in [1.165, 1.54) is 6.92 Å². The van der Waals surface area contributed by atoms with Crippen molar-refractivity contribution in [2.24, 2.45) is 0 Å². The average molecular weight is 199 g/mol. The molecule has 0 aliphatic carbocycles. The first-order valence-corrected chi connectivity index (χ1v) is 4.29. The van der Waals surface area contributed by atoms with Crippen molar-refractivity contribution in [3.05, 3.63) is 28.3 Å². The first-order valence-electron chi connectivity index (χ1n) is 3.91. The molecule has 0 aromatic heterocycles. The molecule has 13 heavy (non-hydrogen) atoms. The van der Waals surface area contributed by atoms with Gasteiger partial charge >= 0.3 is 0 Å². The summed E-state index contributed by atoms with van der Waals surface area (Å²) in [6.45, 7) is 3.35. The molecule has 2 nitrogen and oxygen atoms in total. The van der Waals surface area contributed by atoms with Crippen molar-refractivity contribution in [1.29, 1.82) is 0 Å². The standard InChI is InChI=1S/C10H11ClO2/c1-6-9(7(2)12)4-8(11)5-10(6)13-3/h4-5H,1-3H3. The molecule has 0 N–H and O–H groups in total. The quantitative estimate of drug-likeness (QED) is 0.684. The number of benzene rings is 1. The summed E-state index contributed by atoms with van der Waals surface area (Å²) >= 11 is 5.81. The van der Waals surface area contributed by atoms with Crippen LogP contribution < -0.4 is 4.74 Å². The second-order valence-electron chi connectivity index (χ2n) is 2.84. The smallest absolute Gasteiger partial charge is 0.160 e. The largest absolute Gasteiger partial charge is 0.496 e. The molecule has 0 saturated heterocycles. The lowest BCUT2D eigenvalue weighted by Crippen LogP contribution is -1.98. The Balaban J connectivity index is 3.35. The molecule has 1 rings (SSSR count). The minimum atomic E-state index is -0.00157. The molecule has 1 aromatic rings. The normalized spacial score (nSPS) is 9.85. The molecule has 0 spiro atoms. The third-order valence-corrected chi connectivity index (χ3v) is 2.14. The molecule has 0 heterocycles. The number of halogens is 1. The van der Waals surface area contributed by atoms with Gasteiger partial charge < -0.3 is 4.74 Å². The van der Waals surface area contributed by atoms with Crippen LogP contribution in [0.2, 0.25) is 5.02 Å². The van der Waals surface area contributed by atoms with E-state index in [4.69, 9.17) is 16.3 Å². The highest BCUT2D eigenvalue weighted by molar-refractivity contribution is 6.31. The lowest BCUT2D eigenvalue weighted by atomic mass is 10.0. The van der Waals surface area contributed by atoms with Gasteiger partial charge in [0.2, 0.25) is 0 Å². The number of methoxy groups -OCH3 is 1. The Morgan fingerprint density at radius 3 is 2.54 bits per heavy atom. The average Bonchev–Trinajstić information content (AvgIpc) is 2.08. The van der Waals surface area contributed by atoms with Crippen LogP contribution in [0.25, 0.3) is 0 Å². The van der Waals surface area contributed by atoms with Crippen LogP contribution in [0.1, 0.15) is 22.8 Å². The third-order valence-electron chi connectivity index (χ3n) is 1.92. The van der Waals surface area contributed by atoms with Gasteiger partial charge in [0.05, 0.1) is 7.11 Å². The topological polar surface area (TPSA) is 26.3 Å². The Hall–Kier alpha value is -1.02. The van der Waals surface area contributed by atoms with Crippen LogP contribution in [0.3, 0.4) is 0 Å². The molecule has 0 amide bonds. The molecular formula is C10H11ClO2. The molecule has 0 unspecified atom stereocenters. The first kappa shape index (κ1) is 10.1. The van der Waals surface area contributed by atoms with E-state index in [0.717, 1.165) is 5.56 Å². The number of ketones is 1. The van der Waals surface area contributed by atoms with Gasteiger partial charge in [-0.1, -0.05) is 11.6 Å². The monoisotopic (exact) mass is 198 g/mol. The fourth-order valence-corrected chi connectivity index (χ4v) is 1.44. The molecular weight excluding hydrogens is 188 g/mol. The second kappa shape index (κ2) is 3.79. The number of ether oxygens (including phenoxy) is 1. The fourth-order valence-electron chi connectivity index (χ4n) is 1.23. The van der Waals surface area contributed by atoms with Crippen molar-refractivity contribution >= 4 is 17.4 Å². The van der Waals surface area contributed by atoms with E-state index in [0.29, 0.717) is 16.3 Å². The van der Waals surface area contributed by atoms with Crippen molar-refractivity contribution in [2.75, 3.05) is 7.11 Å². The van der Waals surface area contributed by atoms with Crippen LogP contribution in [0.15, 0.2) is 12.1 Å². The van der Waals surface area contributed by atoms with Crippen molar-refractivity contribution < 1.29 is 9.53 Å². The molecule has 0 aliphatic rings. The van der Waals surface area contributed by atoms with Gasteiger partial charge in [0, 0.05) is 16.1 Å². The van der Waals surface area contributed by atoms with Gasteiger partial charge in [-0.05, 0) is 26.0 Å². The Bertz CT molecular complexity index is 345. The van der Waals surface area contributed by atoms with Gasteiger partial charge in [0.25, 0.3) is 0 Å². The van der Waals surface area contributed by atoms with E-state index < -0.39 is 0 Å². The van der Waals surface area contributed by atoms with E-state index in [1.807, 2.05) is 6.92 Å². The maximum absolute atomic E-state index is 11.2. The van der Waals surface area contributed by atoms with Crippen LogP contribution in [-0.2, 0) is 0 Å². The van der Waals surface area contributed by atoms with Crippen LogP contribution in [0.5, 0.6) is 5.75 Å².